The summed E-state index contributed by atoms with van der Waals surface area (Å²) in [5, 5.41) is 27.5. The van der Waals surface area contributed by atoms with Crippen LogP contribution in [0, 0.1) is 20.2 Å². The first-order chi connectivity index (χ1) is 20.8. The number of nitrogens with zero attached hydrogens (tertiary/aromatic N) is 5. The minimum Gasteiger partial charge on any atom is -0.492 e. The first kappa shape index (κ1) is 31.4. The Balaban J connectivity index is 1.68. The highest BCUT2D eigenvalue weighted by Gasteiger charge is 2.27. The summed E-state index contributed by atoms with van der Waals surface area (Å²) >= 11 is 0. The van der Waals surface area contributed by atoms with Crippen molar-refractivity contribution in [3.05, 3.63) is 86.0 Å². The quantitative estimate of drug-likeness (QED) is 0.127. The number of fused-ring (bicyclic) bond motifs is 3. The van der Waals surface area contributed by atoms with E-state index in [1.54, 1.807) is 0 Å². The van der Waals surface area contributed by atoms with E-state index in [9.17, 15) is 20.2 Å². The van der Waals surface area contributed by atoms with Crippen molar-refractivity contribution in [3.63, 3.8) is 0 Å². The molecule has 0 saturated carbocycles. The van der Waals surface area contributed by atoms with Gasteiger partial charge in [0.05, 0.1) is 21.6 Å². The number of likely N-dealkylation sites (N-methyl/N-ethyl adjacent to an activating group) is 2. The van der Waals surface area contributed by atoms with Crippen LogP contribution in [0.1, 0.15) is 38.8 Å². The third-order valence-electron chi connectivity index (χ3n) is 7.60. The lowest BCUT2D eigenvalue weighted by Gasteiger charge is -2.18. The lowest BCUT2D eigenvalue weighted by atomic mass is 10.1. The molecule has 12 nitrogen and oxygen atoms in total. The van der Waals surface area contributed by atoms with Crippen molar-refractivity contribution in [2.24, 2.45) is 5.10 Å². The predicted octanol–water partition coefficient (Wildman–Crippen LogP) is 5.79. The van der Waals surface area contributed by atoms with E-state index in [1.165, 1.54) is 12.1 Å². The van der Waals surface area contributed by atoms with Gasteiger partial charge in [-0.2, -0.15) is 5.10 Å². The summed E-state index contributed by atoms with van der Waals surface area (Å²) in [7, 11) is 0. The SMILES string of the molecule is CCN(CC)CCOc1ccc2c(c1)C(=NNc1ccc([N+](=O)[O-])cc1[N+](=O)[O-])c1cc(OCCN(CC)CC)ccc1-2. The molecule has 0 saturated heterocycles. The number of non-ortho nitro benzene ring substituents is 1. The molecule has 12 heteroatoms. The van der Waals surface area contributed by atoms with E-state index in [0.29, 0.717) is 30.4 Å². The van der Waals surface area contributed by atoms with E-state index in [-0.39, 0.29) is 11.4 Å². The van der Waals surface area contributed by atoms with Crippen LogP contribution in [0.5, 0.6) is 11.5 Å². The van der Waals surface area contributed by atoms with Crippen LogP contribution in [0.15, 0.2) is 59.7 Å². The van der Waals surface area contributed by atoms with Crippen LogP contribution in [-0.4, -0.2) is 77.8 Å². The number of rotatable bonds is 16. The molecule has 1 aliphatic carbocycles. The monoisotopic (exact) mass is 590 g/mol. The van der Waals surface area contributed by atoms with Crippen LogP contribution in [0.4, 0.5) is 17.1 Å². The van der Waals surface area contributed by atoms with Gasteiger partial charge in [0.15, 0.2) is 0 Å². The molecule has 0 unspecified atom stereocenters. The van der Waals surface area contributed by atoms with Gasteiger partial charge in [0, 0.05) is 30.3 Å². The molecule has 1 N–H and O–H groups in total. The zero-order valence-electron chi connectivity index (χ0n) is 25.0. The molecular weight excluding hydrogens is 552 g/mol. The van der Waals surface area contributed by atoms with Crippen molar-refractivity contribution in [3.8, 4) is 22.6 Å². The predicted molar refractivity (Wildman–Crippen MR) is 167 cm³/mol. The van der Waals surface area contributed by atoms with Gasteiger partial charge in [-0.1, -0.05) is 27.7 Å². The van der Waals surface area contributed by atoms with Crippen LogP contribution in [0.25, 0.3) is 11.1 Å². The maximum atomic E-state index is 11.7. The van der Waals surface area contributed by atoms with Crippen LogP contribution in [0.2, 0.25) is 0 Å². The number of hydrogen-bond acceptors (Lipinski definition) is 10. The second-order valence-corrected chi connectivity index (χ2v) is 9.95. The minimum atomic E-state index is -0.671. The molecule has 4 rings (SSSR count). The topological polar surface area (TPSA) is 136 Å². The minimum absolute atomic E-state index is 0.0383. The highest BCUT2D eigenvalue weighted by Crippen LogP contribution is 2.41. The first-order valence-corrected chi connectivity index (χ1v) is 14.6. The summed E-state index contributed by atoms with van der Waals surface area (Å²) in [4.78, 5) is 26.1. The number of benzene rings is 3. The summed E-state index contributed by atoms with van der Waals surface area (Å²) in [5.41, 5.74) is 6.06. The third kappa shape index (κ3) is 7.46. The Morgan fingerprint density at radius 2 is 1.21 bits per heavy atom. The molecule has 0 aromatic heterocycles. The molecule has 0 atom stereocenters. The Labute approximate surface area is 251 Å². The molecular formula is C31H38N6O6. The number of nitro groups is 2. The van der Waals surface area contributed by atoms with E-state index in [1.807, 2.05) is 36.4 Å². The van der Waals surface area contributed by atoms with E-state index >= 15 is 0 Å². The van der Waals surface area contributed by atoms with Gasteiger partial charge in [0.1, 0.15) is 30.4 Å². The first-order valence-electron chi connectivity index (χ1n) is 14.6. The fourth-order valence-corrected chi connectivity index (χ4v) is 5.01. The lowest BCUT2D eigenvalue weighted by molar-refractivity contribution is -0.393. The smallest absolute Gasteiger partial charge is 0.301 e. The molecule has 228 valence electrons. The molecule has 0 fully saturated rings. The lowest BCUT2D eigenvalue weighted by Crippen LogP contribution is -2.27. The second kappa shape index (κ2) is 14.6. The van der Waals surface area contributed by atoms with Crippen LogP contribution >= 0.6 is 0 Å². The van der Waals surface area contributed by atoms with Crippen LogP contribution < -0.4 is 14.9 Å². The Morgan fingerprint density at radius 3 is 1.65 bits per heavy atom. The maximum absolute atomic E-state index is 11.7. The molecule has 0 spiro atoms. The Hall–Kier alpha value is -4.55. The van der Waals surface area contributed by atoms with Gasteiger partial charge in [-0.3, -0.25) is 25.7 Å². The van der Waals surface area contributed by atoms with Crippen molar-refractivity contribution in [2.75, 3.05) is 57.9 Å². The normalized spacial score (nSPS) is 11.8. The molecule has 0 radical (unpaired) electrons. The van der Waals surface area contributed by atoms with Crippen LogP contribution in [-0.2, 0) is 0 Å². The molecule has 3 aromatic rings. The highest BCUT2D eigenvalue weighted by molar-refractivity contribution is 6.25. The van der Waals surface area contributed by atoms with Gasteiger partial charge < -0.3 is 19.3 Å². The highest BCUT2D eigenvalue weighted by atomic mass is 16.6. The van der Waals surface area contributed by atoms with E-state index in [4.69, 9.17) is 9.47 Å². The van der Waals surface area contributed by atoms with Crippen molar-refractivity contribution in [1.82, 2.24) is 9.80 Å². The average molecular weight is 591 g/mol. The standard InChI is InChI=1S/C31H38N6O6/c1-5-34(6-2)15-17-42-23-10-12-25-26-13-11-24(43-18-16-35(7-3)8-4)21-28(26)31(27(25)20-23)33-32-29-14-9-22(36(38)39)19-30(29)37(40)41/h9-14,19-21,32H,5-8,15-18H2,1-4H3. The summed E-state index contributed by atoms with van der Waals surface area (Å²) in [6.07, 6.45) is 0. The summed E-state index contributed by atoms with van der Waals surface area (Å²) in [6.45, 7) is 14.9. The van der Waals surface area contributed by atoms with Gasteiger partial charge >= 0.3 is 5.69 Å². The molecule has 43 heavy (non-hydrogen) atoms. The average Bonchev–Trinajstić information content (AvgIpc) is 3.32. The van der Waals surface area contributed by atoms with Crippen molar-refractivity contribution >= 4 is 22.8 Å². The molecule has 0 heterocycles. The van der Waals surface area contributed by atoms with E-state index < -0.39 is 15.5 Å². The molecule has 0 bridgehead atoms. The molecule has 3 aromatic carbocycles. The van der Waals surface area contributed by atoms with Crippen molar-refractivity contribution in [2.45, 2.75) is 27.7 Å². The number of ether oxygens (including phenoxy) is 2. The Bertz CT molecular complexity index is 1420. The maximum Gasteiger partial charge on any atom is 0.301 e. The third-order valence-corrected chi connectivity index (χ3v) is 7.60. The number of anilines is 1. The summed E-state index contributed by atoms with van der Waals surface area (Å²) in [5.74, 6) is 1.37. The number of nitrogens with one attached hydrogen (secondary N) is 1. The fourth-order valence-electron chi connectivity index (χ4n) is 5.01. The number of nitro benzene ring substituents is 2. The van der Waals surface area contributed by atoms with Gasteiger partial charge in [-0.15, -0.1) is 0 Å². The number of hydrogen-bond donors (Lipinski definition) is 1. The molecule has 0 amide bonds. The molecule has 1 aliphatic rings. The van der Waals surface area contributed by atoms with Gasteiger partial charge in [-0.05, 0) is 79.8 Å². The van der Waals surface area contributed by atoms with Crippen LogP contribution in [0.3, 0.4) is 0 Å². The summed E-state index contributed by atoms with van der Waals surface area (Å²) < 4.78 is 12.2. The zero-order chi connectivity index (χ0) is 30.9. The second-order valence-electron chi connectivity index (χ2n) is 9.95. The van der Waals surface area contributed by atoms with E-state index in [0.717, 1.165) is 67.6 Å². The van der Waals surface area contributed by atoms with Crippen molar-refractivity contribution in [1.29, 1.82) is 0 Å². The van der Waals surface area contributed by atoms with Gasteiger partial charge in [0.2, 0.25) is 0 Å². The fraction of sp³-hybridized carbons (Fsp3) is 0.387. The van der Waals surface area contributed by atoms with Gasteiger partial charge in [0.25, 0.3) is 5.69 Å². The van der Waals surface area contributed by atoms with E-state index in [2.05, 4.69) is 48.0 Å². The largest absolute Gasteiger partial charge is 0.492 e. The number of hydrazone groups is 1. The Kier molecular flexibility index (Phi) is 10.6. The zero-order valence-corrected chi connectivity index (χ0v) is 25.0. The Morgan fingerprint density at radius 1 is 0.698 bits per heavy atom. The van der Waals surface area contributed by atoms with Crippen molar-refractivity contribution < 1.29 is 19.3 Å². The molecule has 0 aliphatic heterocycles. The van der Waals surface area contributed by atoms with Gasteiger partial charge in [-0.25, -0.2) is 0 Å². The summed E-state index contributed by atoms with van der Waals surface area (Å²) in [6, 6.07) is 15.1.